The molecule has 0 aromatic heterocycles. The van der Waals surface area contributed by atoms with E-state index in [2.05, 4.69) is 19.1 Å². The third-order valence-corrected chi connectivity index (χ3v) is 1.97. The molecular weight excluding hydrogens is 176 g/mol. The van der Waals surface area contributed by atoms with Gasteiger partial charge in [0.05, 0.1) is 11.0 Å². The van der Waals surface area contributed by atoms with Gasteiger partial charge in [-0.3, -0.25) is 0 Å². The fourth-order valence-electron chi connectivity index (χ4n) is 1.25. The third kappa shape index (κ3) is 2.83. The molecule has 76 valence electrons. The van der Waals surface area contributed by atoms with Gasteiger partial charge >= 0.3 is 0 Å². The third-order valence-electron chi connectivity index (χ3n) is 1.97. The van der Waals surface area contributed by atoms with Crippen LogP contribution in [0.15, 0.2) is 29.6 Å². The molecule has 0 aliphatic carbocycles. The largest absolute Gasteiger partial charge is 0.229 e. The van der Waals surface area contributed by atoms with E-state index in [1.165, 1.54) is 10.6 Å². The van der Waals surface area contributed by atoms with Gasteiger partial charge in [-0.05, 0) is 25.0 Å². The Morgan fingerprint density at radius 3 is 2.29 bits per heavy atom. The van der Waals surface area contributed by atoms with Crippen molar-refractivity contribution in [2.75, 3.05) is 11.6 Å². The molecule has 3 nitrogen and oxygen atoms in total. The highest BCUT2D eigenvalue weighted by Gasteiger charge is 2.07. The second kappa shape index (κ2) is 4.74. The minimum absolute atomic E-state index is 0.425. The lowest BCUT2D eigenvalue weighted by molar-refractivity contribution is 0.620. The summed E-state index contributed by atoms with van der Waals surface area (Å²) in [5.41, 5.74) is 2.04. The van der Waals surface area contributed by atoms with Crippen LogP contribution in [0, 0.1) is 17.7 Å². The molecule has 0 bridgehead atoms. The van der Waals surface area contributed by atoms with Crippen LogP contribution in [0.3, 0.4) is 0 Å². The van der Waals surface area contributed by atoms with E-state index in [9.17, 15) is 4.91 Å². The van der Waals surface area contributed by atoms with E-state index >= 15 is 0 Å². The topological polar surface area (TPSA) is 32.7 Å². The van der Waals surface area contributed by atoms with Crippen LogP contribution >= 0.6 is 0 Å². The quantitative estimate of drug-likeness (QED) is 0.542. The number of aryl methyl sites for hydroxylation is 1. The van der Waals surface area contributed by atoms with Gasteiger partial charge < -0.3 is 0 Å². The molecule has 0 radical (unpaired) electrons. The minimum Gasteiger partial charge on any atom is -0.229 e. The van der Waals surface area contributed by atoms with Crippen molar-refractivity contribution in [3.8, 4) is 0 Å². The summed E-state index contributed by atoms with van der Waals surface area (Å²) in [5.74, 6) is 0.425. The molecular formula is C11H16N2O. The maximum Gasteiger partial charge on any atom is 0.0626 e. The predicted octanol–water partition coefficient (Wildman–Crippen LogP) is 3.14. The van der Waals surface area contributed by atoms with Crippen molar-refractivity contribution in [2.45, 2.75) is 20.8 Å². The van der Waals surface area contributed by atoms with Crippen LogP contribution in [0.2, 0.25) is 0 Å². The SMILES string of the molecule is Cc1ccc(N(CC(C)C)N=O)cc1. The fraction of sp³-hybridized carbons (Fsp3) is 0.455. The molecule has 0 saturated carbocycles. The molecule has 0 heterocycles. The Labute approximate surface area is 84.7 Å². The molecule has 0 saturated heterocycles. The molecule has 0 atom stereocenters. The van der Waals surface area contributed by atoms with Crippen LogP contribution in [0.25, 0.3) is 0 Å². The second-order valence-electron chi connectivity index (χ2n) is 3.89. The molecule has 0 N–H and O–H groups in total. The second-order valence-corrected chi connectivity index (χ2v) is 3.89. The van der Waals surface area contributed by atoms with Crippen molar-refractivity contribution in [2.24, 2.45) is 11.2 Å². The zero-order valence-electron chi connectivity index (χ0n) is 8.90. The molecule has 0 aliphatic heterocycles. The Morgan fingerprint density at radius 2 is 1.86 bits per heavy atom. The molecule has 3 heteroatoms. The van der Waals surface area contributed by atoms with Crippen molar-refractivity contribution in [1.82, 2.24) is 0 Å². The molecule has 0 spiro atoms. The zero-order valence-corrected chi connectivity index (χ0v) is 8.90. The Hall–Kier alpha value is -1.38. The number of anilines is 1. The van der Waals surface area contributed by atoms with Crippen molar-refractivity contribution in [3.63, 3.8) is 0 Å². The predicted molar refractivity (Wildman–Crippen MR) is 59.2 cm³/mol. The average Bonchev–Trinajstić information content (AvgIpc) is 2.15. The number of benzene rings is 1. The standard InChI is InChI=1S/C11H16N2O/c1-9(2)8-13(12-14)11-6-4-10(3)5-7-11/h4-7,9H,8H2,1-3H3. The van der Waals surface area contributed by atoms with E-state index in [0.29, 0.717) is 12.5 Å². The summed E-state index contributed by atoms with van der Waals surface area (Å²) in [6, 6.07) is 7.79. The summed E-state index contributed by atoms with van der Waals surface area (Å²) in [6.07, 6.45) is 0. The van der Waals surface area contributed by atoms with Gasteiger partial charge in [-0.1, -0.05) is 31.5 Å². The van der Waals surface area contributed by atoms with Crippen LogP contribution in [0.4, 0.5) is 5.69 Å². The van der Waals surface area contributed by atoms with E-state index < -0.39 is 0 Å². The van der Waals surface area contributed by atoms with E-state index in [-0.39, 0.29) is 0 Å². The maximum atomic E-state index is 10.6. The van der Waals surface area contributed by atoms with Gasteiger partial charge in [0.15, 0.2) is 0 Å². The number of nitroso groups, excluding NO2 is 1. The van der Waals surface area contributed by atoms with Crippen LogP contribution in [-0.4, -0.2) is 6.54 Å². The summed E-state index contributed by atoms with van der Waals surface area (Å²) >= 11 is 0. The van der Waals surface area contributed by atoms with E-state index in [0.717, 1.165) is 5.69 Å². The smallest absolute Gasteiger partial charge is 0.0626 e. The minimum atomic E-state index is 0.425. The van der Waals surface area contributed by atoms with Gasteiger partial charge in [0.2, 0.25) is 0 Å². The van der Waals surface area contributed by atoms with Crippen molar-refractivity contribution in [3.05, 3.63) is 34.7 Å². The number of rotatable bonds is 4. The normalized spacial score (nSPS) is 10.3. The maximum absolute atomic E-state index is 10.6. The van der Waals surface area contributed by atoms with Crippen LogP contribution in [-0.2, 0) is 0 Å². The molecule has 1 aromatic carbocycles. The van der Waals surface area contributed by atoms with Gasteiger partial charge in [0.1, 0.15) is 0 Å². The molecule has 14 heavy (non-hydrogen) atoms. The molecule has 0 fully saturated rings. The summed E-state index contributed by atoms with van der Waals surface area (Å²) in [7, 11) is 0. The first-order chi connectivity index (χ1) is 6.63. The summed E-state index contributed by atoms with van der Waals surface area (Å²) < 4.78 is 0. The molecule has 1 aromatic rings. The Bertz CT molecular complexity index is 293. The highest BCUT2D eigenvalue weighted by Crippen LogP contribution is 2.16. The van der Waals surface area contributed by atoms with E-state index in [1.54, 1.807) is 0 Å². The first kappa shape index (κ1) is 10.7. The van der Waals surface area contributed by atoms with Gasteiger partial charge in [0, 0.05) is 6.54 Å². The first-order valence-electron chi connectivity index (χ1n) is 4.81. The summed E-state index contributed by atoms with van der Waals surface area (Å²) in [4.78, 5) is 10.6. The summed E-state index contributed by atoms with van der Waals surface area (Å²) in [5, 5.41) is 4.50. The molecule has 0 unspecified atom stereocenters. The molecule has 1 rings (SSSR count). The monoisotopic (exact) mass is 192 g/mol. The number of hydrogen-bond acceptors (Lipinski definition) is 2. The lowest BCUT2D eigenvalue weighted by atomic mass is 10.2. The first-order valence-corrected chi connectivity index (χ1v) is 4.81. The highest BCUT2D eigenvalue weighted by molar-refractivity contribution is 5.46. The van der Waals surface area contributed by atoms with Gasteiger partial charge in [0.25, 0.3) is 0 Å². The van der Waals surface area contributed by atoms with Gasteiger partial charge in [-0.25, -0.2) is 5.01 Å². The van der Waals surface area contributed by atoms with E-state index in [1.807, 2.05) is 31.2 Å². The van der Waals surface area contributed by atoms with Crippen molar-refractivity contribution >= 4 is 5.69 Å². The van der Waals surface area contributed by atoms with Crippen LogP contribution < -0.4 is 5.01 Å². The van der Waals surface area contributed by atoms with Gasteiger partial charge in [-0.15, -0.1) is 4.91 Å². The number of nitrogens with zero attached hydrogens (tertiary/aromatic N) is 2. The fourth-order valence-corrected chi connectivity index (χ4v) is 1.25. The summed E-state index contributed by atoms with van der Waals surface area (Å²) in [6.45, 7) is 6.80. The lowest BCUT2D eigenvalue weighted by Gasteiger charge is -2.17. The molecule has 0 aliphatic rings. The molecule has 0 amide bonds. The average molecular weight is 192 g/mol. The Balaban J connectivity index is 2.78. The highest BCUT2D eigenvalue weighted by atomic mass is 16.3. The zero-order chi connectivity index (χ0) is 10.6. The van der Waals surface area contributed by atoms with Gasteiger partial charge in [-0.2, -0.15) is 0 Å². The lowest BCUT2D eigenvalue weighted by Crippen LogP contribution is -2.20. The Morgan fingerprint density at radius 1 is 1.29 bits per heavy atom. The Kier molecular flexibility index (Phi) is 3.63. The van der Waals surface area contributed by atoms with Crippen LogP contribution in [0.1, 0.15) is 19.4 Å². The van der Waals surface area contributed by atoms with E-state index in [4.69, 9.17) is 0 Å². The number of hydrogen-bond donors (Lipinski definition) is 0. The van der Waals surface area contributed by atoms with Crippen molar-refractivity contribution in [1.29, 1.82) is 0 Å². The van der Waals surface area contributed by atoms with Crippen molar-refractivity contribution < 1.29 is 0 Å². The van der Waals surface area contributed by atoms with Crippen LogP contribution in [0.5, 0.6) is 0 Å².